The second kappa shape index (κ2) is 4.58. The van der Waals surface area contributed by atoms with E-state index in [1.54, 1.807) is 29.5 Å². The standard InChI is InChI=1S/C11H8N2OS/c12-7-9-3-1-5-11(13-9)14-8-10-4-2-6-15-10/h1-6H,8H2. The molecule has 0 aliphatic heterocycles. The van der Waals surface area contributed by atoms with Crippen molar-refractivity contribution in [2.75, 3.05) is 0 Å². The molecule has 2 aromatic rings. The van der Waals surface area contributed by atoms with Crippen molar-refractivity contribution in [1.82, 2.24) is 4.98 Å². The Morgan fingerprint density at radius 1 is 1.33 bits per heavy atom. The molecule has 0 saturated heterocycles. The average molecular weight is 216 g/mol. The van der Waals surface area contributed by atoms with Gasteiger partial charge in [-0.05, 0) is 17.5 Å². The largest absolute Gasteiger partial charge is 0.472 e. The van der Waals surface area contributed by atoms with Crippen LogP contribution in [-0.4, -0.2) is 4.98 Å². The van der Waals surface area contributed by atoms with E-state index in [2.05, 4.69) is 4.98 Å². The molecule has 0 spiro atoms. The van der Waals surface area contributed by atoms with E-state index in [9.17, 15) is 0 Å². The first-order valence-corrected chi connectivity index (χ1v) is 5.29. The lowest BCUT2D eigenvalue weighted by molar-refractivity contribution is 0.297. The van der Waals surface area contributed by atoms with Crippen LogP contribution < -0.4 is 4.74 Å². The molecule has 0 aliphatic rings. The minimum atomic E-state index is 0.374. The maximum Gasteiger partial charge on any atom is 0.214 e. The molecular formula is C11H8N2OS. The van der Waals surface area contributed by atoms with Crippen molar-refractivity contribution in [3.63, 3.8) is 0 Å². The van der Waals surface area contributed by atoms with Gasteiger partial charge in [0.2, 0.25) is 5.88 Å². The number of aromatic nitrogens is 1. The van der Waals surface area contributed by atoms with Gasteiger partial charge in [-0.1, -0.05) is 12.1 Å². The van der Waals surface area contributed by atoms with E-state index in [4.69, 9.17) is 10.00 Å². The third-order valence-electron chi connectivity index (χ3n) is 1.78. The highest BCUT2D eigenvalue weighted by Crippen LogP contribution is 2.13. The van der Waals surface area contributed by atoms with E-state index in [0.717, 1.165) is 4.88 Å². The summed E-state index contributed by atoms with van der Waals surface area (Å²) < 4.78 is 5.44. The lowest BCUT2D eigenvalue weighted by atomic mass is 10.4. The fourth-order valence-corrected chi connectivity index (χ4v) is 1.71. The molecule has 2 heterocycles. The summed E-state index contributed by atoms with van der Waals surface area (Å²) >= 11 is 1.63. The number of hydrogen-bond donors (Lipinski definition) is 0. The van der Waals surface area contributed by atoms with Crippen LogP contribution in [0.5, 0.6) is 5.88 Å². The van der Waals surface area contributed by atoms with E-state index < -0.39 is 0 Å². The normalized spacial score (nSPS) is 9.53. The fraction of sp³-hybridized carbons (Fsp3) is 0.0909. The minimum absolute atomic E-state index is 0.374. The van der Waals surface area contributed by atoms with Crippen LogP contribution in [-0.2, 0) is 6.61 Å². The molecule has 4 heteroatoms. The number of nitriles is 1. The molecule has 0 N–H and O–H groups in total. The van der Waals surface area contributed by atoms with Gasteiger partial charge in [-0.25, -0.2) is 4.98 Å². The molecule has 0 amide bonds. The van der Waals surface area contributed by atoms with Crippen LogP contribution in [0.25, 0.3) is 0 Å². The van der Waals surface area contributed by atoms with Crippen molar-refractivity contribution < 1.29 is 4.74 Å². The third kappa shape index (κ3) is 2.55. The Balaban J connectivity index is 2.02. The van der Waals surface area contributed by atoms with Gasteiger partial charge in [0.1, 0.15) is 18.4 Å². The van der Waals surface area contributed by atoms with Gasteiger partial charge in [-0.2, -0.15) is 5.26 Å². The highest BCUT2D eigenvalue weighted by atomic mass is 32.1. The van der Waals surface area contributed by atoms with Crippen LogP contribution in [0.3, 0.4) is 0 Å². The first kappa shape index (κ1) is 9.69. The van der Waals surface area contributed by atoms with Gasteiger partial charge in [0.25, 0.3) is 0 Å². The quantitative estimate of drug-likeness (QED) is 0.792. The van der Waals surface area contributed by atoms with Crippen molar-refractivity contribution in [3.8, 4) is 11.9 Å². The lowest BCUT2D eigenvalue weighted by Crippen LogP contribution is -1.95. The summed E-state index contributed by atoms with van der Waals surface area (Å²) in [6.07, 6.45) is 0. The van der Waals surface area contributed by atoms with Crippen LogP contribution in [0.1, 0.15) is 10.6 Å². The van der Waals surface area contributed by atoms with Crippen molar-refractivity contribution in [1.29, 1.82) is 5.26 Å². The van der Waals surface area contributed by atoms with Crippen LogP contribution in [0.2, 0.25) is 0 Å². The molecule has 0 saturated carbocycles. The summed E-state index contributed by atoms with van der Waals surface area (Å²) in [5.41, 5.74) is 0.374. The third-order valence-corrected chi connectivity index (χ3v) is 2.63. The van der Waals surface area contributed by atoms with Gasteiger partial charge in [-0.3, -0.25) is 0 Å². The molecular weight excluding hydrogens is 208 g/mol. The number of ether oxygens (including phenoxy) is 1. The minimum Gasteiger partial charge on any atom is -0.472 e. The number of nitrogens with zero attached hydrogens (tertiary/aromatic N) is 2. The molecule has 2 rings (SSSR count). The van der Waals surface area contributed by atoms with Gasteiger partial charge < -0.3 is 4.74 Å². The number of hydrogen-bond acceptors (Lipinski definition) is 4. The maximum absolute atomic E-state index is 8.65. The molecule has 15 heavy (non-hydrogen) atoms. The van der Waals surface area contributed by atoms with Gasteiger partial charge in [0, 0.05) is 10.9 Å². The fourth-order valence-electron chi connectivity index (χ4n) is 1.10. The Labute approximate surface area is 91.6 Å². The molecule has 74 valence electrons. The number of pyridine rings is 1. The predicted octanol–water partition coefficient (Wildman–Crippen LogP) is 2.59. The molecule has 0 radical (unpaired) electrons. The summed E-state index contributed by atoms with van der Waals surface area (Å²) in [6, 6.07) is 11.1. The Morgan fingerprint density at radius 2 is 2.27 bits per heavy atom. The van der Waals surface area contributed by atoms with Crippen LogP contribution in [0.15, 0.2) is 35.7 Å². The van der Waals surface area contributed by atoms with E-state index in [1.807, 2.05) is 23.6 Å². The Hall–Kier alpha value is -1.86. The summed E-state index contributed by atoms with van der Waals surface area (Å²) in [7, 11) is 0. The Bertz CT molecular complexity index is 474. The monoisotopic (exact) mass is 216 g/mol. The first-order chi connectivity index (χ1) is 7.38. The molecule has 0 aliphatic carbocycles. The predicted molar refractivity (Wildman–Crippen MR) is 57.6 cm³/mol. The van der Waals surface area contributed by atoms with Gasteiger partial charge in [0.05, 0.1) is 0 Å². The van der Waals surface area contributed by atoms with Crippen molar-refractivity contribution in [3.05, 3.63) is 46.3 Å². The first-order valence-electron chi connectivity index (χ1n) is 4.41. The summed E-state index contributed by atoms with van der Waals surface area (Å²) in [5, 5.41) is 10.6. The zero-order valence-electron chi connectivity index (χ0n) is 7.88. The Kier molecular flexibility index (Phi) is 2.96. The Morgan fingerprint density at radius 3 is 3.00 bits per heavy atom. The molecule has 2 aromatic heterocycles. The highest BCUT2D eigenvalue weighted by Gasteiger charge is 1.99. The molecule has 0 unspecified atom stereocenters. The van der Waals surface area contributed by atoms with E-state index in [0.29, 0.717) is 18.2 Å². The van der Waals surface area contributed by atoms with E-state index in [-0.39, 0.29) is 0 Å². The molecule has 0 bridgehead atoms. The molecule has 3 nitrogen and oxygen atoms in total. The van der Waals surface area contributed by atoms with Crippen molar-refractivity contribution in [2.24, 2.45) is 0 Å². The number of rotatable bonds is 3. The SMILES string of the molecule is N#Cc1cccc(OCc2cccs2)n1. The number of thiophene rings is 1. The van der Waals surface area contributed by atoms with Gasteiger partial charge in [-0.15, -0.1) is 11.3 Å². The smallest absolute Gasteiger partial charge is 0.214 e. The van der Waals surface area contributed by atoms with Crippen LogP contribution in [0, 0.1) is 11.3 Å². The van der Waals surface area contributed by atoms with Gasteiger partial charge >= 0.3 is 0 Å². The highest BCUT2D eigenvalue weighted by molar-refractivity contribution is 7.09. The second-order valence-electron chi connectivity index (χ2n) is 2.84. The van der Waals surface area contributed by atoms with Crippen LogP contribution in [0.4, 0.5) is 0 Å². The van der Waals surface area contributed by atoms with E-state index >= 15 is 0 Å². The summed E-state index contributed by atoms with van der Waals surface area (Å²) in [6.45, 7) is 0.500. The zero-order chi connectivity index (χ0) is 10.5. The topological polar surface area (TPSA) is 45.9 Å². The molecule has 0 fully saturated rings. The van der Waals surface area contributed by atoms with E-state index in [1.165, 1.54) is 0 Å². The van der Waals surface area contributed by atoms with Crippen molar-refractivity contribution >= 4 is 11.3 Å². The van der Waals surface area contributed by atoms with Crippen molar-refractivity contribution in [2.45, 2.75) is 6.61 Å². The summed E-state index contributed by atoms with van der Waals surface area (Å²) in [5.74, 6) is 0.488. The average Bonchev–Trinajstić information content (AvgIpc) is 2.79. The van der Waals surface area contributed by atoms with Crippen LogP contribution >= 0.6 is 11.3 Å². The summed E-state index contributed by atoms with van der Waals surface area (Å²) in [4.78, 5) is 5.15. The van der Waals surface area contributed by atoms with Gasteiger partial charge in [0.15, 0.2) is 0 Å². The maximum atomic E-state index is 8.65. The lowest BCUT2D eigenvalue weighted by Gasteiger charge is -2.02. The molecule has 0 aromatic carbocycles. The second-order valence-corrected chi connectivity index (χ2v) is 3.87. The zero-order valence-corrected chi connectivity index (χ0v) is 8.70. The molecule has 0 atom stereocenters.